The summed E-state index contributed by atoms with van der Waals surface area (Å²) in [6.45, 7) is 2.98. The summed E-state index contributed by atoms with van der Waals surface area (Å²) in [5.74, 6) is 0.884. The molecule has 0 radical (unpaired) electrons. The minimum atomic E-state index is 0.142. The van der Waals surface area contributed by atoms with Gasteiger partial charge in [0.15, 0.2) is 5.22 Å². The Kier molecular flexibility index (Phi) is 4.28. The number of benzene rings is 2. The number of fused-ring (bicyclic) bond motifs is 1. The van der Waals surface area contributed by atoms with Gasteiger partial charge in [-0.15, -0.1) is 0 Å². The van der Waals surface area contributed by atoms with E-state index in [0.29, 0.717) is 5.22 Å². The average molecular weight is 300 g/mol. The lowest BCUT2D eigenvalue weighted by Crippen LogP contribution is -2.22. The van der Waals surface area contributed by atoms with Crippen LogP contribution in [0.25, 0.3) is 10.8 Å². The predicted molar refractivity (Wildman–Crippen MR) is 87.8 cm³/mol. The van der Waals surface area contributed by atoms with Gasteiger partial charge in [0.05, 0.1) is 6.04 Å². The molecule has 0 saturated heterocycles. The Labute approximate surface area is 129 Å². The number of furan rings is 1. The second kappa shape index (κ2) is 6.33. The Hall–Kier alpha value is -1.77. The molecule has 3 aromatic rings. The maximum atomic E-state index is 5.89. The zero-order chi connectivity index (χ0) is 14.7. The quantitative estimate of drug-likeness (QED) is 0.719. The summed E-state index contributed by atoms with van der Waals surface area (Å²) in [6.07, 6.45) is 0.877. The molecule has 108 valence electrons. The molecule has 1 aromatic heterocycles. The fraction of sp³-hybridized carbons (Fsp3) is 0.222. The maximum Gasteiger partial charge on any atom is 0.193 e. The first-order valence-corrected chi connectivity index (χ1v) is 7.60. The van der Waals surface area contributed by atoms with Crippen molar-refractivity contribution in [2.75, 3.05) is 6.54 Å². The van der Waals surface area contributed by atoms with E-state index in [0.717, 1.165) is 18.7 Å². The molecule has 2 aromatic carbocycles. The fourth-order valence-electron chi connectivity index (χ4n) is 2.64. The lowest BCUT2D eigenvalue weighted by atomic mass is 10.0. The molecule has 0 aliphatic carbocycles. The largest absolute Gasteiger partial charge is 0.448 e. The van der Waals surface area contributed by atoms with Gasteiger partial charge in [-0.1, -0.05) is 49.4 Å². The lowest BCUT2D eigenvalue weighted by Gasteiger charge is -2.16. The molecule has 0 aliphatic rings. The minimum Gasteiger partial charge on any atom is -0.448 e. The number of hydrogen-bond acceptors (Lipinski definition) is 2. The van der Waals surface area contributed by atoms with Crippen LogP contribution in [0.1, 0.15) is 24.3 Å². The van der Waals surface area contributed by atoms with Gasteiger partial charge >= 0.3 is 0 Å². The first kappa shape index (κ1) is 14.2. The van der Waals surface area contributed by atoms with E-state index in [1.165, 1.54) is 16.3 Å². The SMILES string of the molecule is CCNC(Cc1ccc2ccccc2c1)c1ccc(Cl)o1. The molecule has 1 N–H and O–H groups in total. The van der Waals surface area contributed by atoms with Gasteiger partial charge in [-0.05, 0) is 53.0 Å². The van der Waals surface area contributed by atoms with E-state index < -0.39 is 0 Å². The second-order valence-corrected chi connectivity index (χ2v) is 5.51. The van der Waals surface area contributed by atoms with Crippen LogP contribution in [0.15, 0.2) is 59.0 Å². The summed E-state index contributed by atoms with van der Waals surface area (Å²) in [5, 5.41) is 6.43. The van der Waals surface area contributed by atoms with Crippen molar-refractivity contribution in [3.63, 3.8) is 0 Å². The molecule has 0 fully saturated rings. The van der Waals surface area contributed by atoms with Crippen LogP contribution in [0.4, 0.5) is 0 Å². The summed E-state index contributed by atoms with van der Waals surface area (Å²) >= 11 is 5.89. The number of halogens is 1. The van der Waals surface area contributed by atoms with Gasteiger partial charge in [-0.3, -0.25) is 0 Å². The smallest absolute Gasteiger partial charge is 0.193 e. The molecule has 1 heterocycles. The zero-order valence-corrected chi connectivity index (χ0v) is 12.7. The van der Waals surface area contributed by atoms with Crippen molar-refractivity contribution >= 4 is 22.4 Å². The highest BCUT2D eigenvalue weighted by molar-refractivity contribution is 6.28. The molecular formula is C18H18ClNO. The van der Waals surface area contributed by atoms with E-state index in [9.17, 15) is 0 Å². The fourth-order valence-corrected chi connectivity index (χ4v) is 2.79. The van der Waals surface area contributed by atoms with Crippen molar-refractivity contribution in [2.24, 2.45) is 0 Å². The molecule has 0 aliphatic heterocycles. The normalized spacial score (nSPS) is 12.7. The third-order valence-corrected chi connectivity index (χ3v) is 3.84. The third-order valence-electron chi connectivity index (χ3n) is 3.64. The van der Waals surface area contributed by atoms with Crippen LogP contribution >= 0.6 is 11.6 Å². The third kappa shape index (κ3) is 3.29. The summed E-state index contributed by atoms with van der Waals surface area (Å²) in [5.41, 5.74) is 1.28. The van der Waals surface area contributed by atoms with Crippen molar-refractivity contribution in [2.45, 2.75) is 19.4 Å². The maximum absolute atomic E-state index is 5.89. The van der Waals surface area contributed by atoms with E-state index in [2.05, 4.69) is 54.7 Å². The molecule has 2 nitrogen and oxygen atoms in total. The van der Waals surface area contributed by atoms with Gasteiger partial charge in [-0.2, -0.15) is 0 Å². The topological polar surface area (TPSA) is 25.2 Å². The van der Waals surface area contributed by atoms with Gasteiger partial charge < -0.3 is 9.73 Å². The molecule has 0 bridgehead atoms. The van der Waals surface area contributed by atoms with Crippen molar-refractivity contribution in [3.8, 4) is 0 Å². The van der Waals surface area contributed by atoms with Crippen LogP contribution in [0, 0.1) is 0 Å². The highest BCUT2D eigenvalue weighted by Gasteiger charge is 2.15. The molecule has 0 spiro atoms. The Morgan fingerprint density at radius 3 is 2.57 bits per heavy atom. The monoisotopic (exact) mass is 299 g/mol. The van der Waals surface area contributed by atoms with Crippen molar-refractivity contribution in [3.05, 3.63) is 71.1 Å². The summed E-state index contributed by atoms with van der Waals surface area (Å²) in [7, 11) is 0. The van der Waals surface area contributed by atoms with Crippen LogP contribution in [0.5, 0.6) is 0 Å². The van der Waals surface area contributed by atoms with Crippen LogP contribution in [-0.4, -0.2) is 6.54 Å². The molecule has 1 atom stereocenters. The van der Waals surface area contributed by atoms with E-state index in [-0.39, 0.29) is 6.04 Å². The molecular weight excluding hydrogens is 282 g/mol. The first-order valence-electron chi connectivity index (χ1n) is 7.22. The van der Waals surface area contributed by atoms with Crippen molar-refractivity contribution in [1.29, 1.82) is 0 Å². The standard InChI is InChI=1S/C18H18ClNO/c1-2-20-16(17-9-10-18(19)21-17)12-13-7-8-14-5-3-4-6-15(14)11-13/h3-11,16,20H,2,12H2,1H3. The molecule has 3 heteroatoms. The molecule has 0 saturated carbocycles. The van der Waals surface area contributed by atoms with Gasteiger partial charge in [0, 0.05) is 0 Å². The zero-order valence-electron chi connectivity index (χ0n) is 12.0. The summed E-state index contributed by atoms with van der Waals surface area (Å²) in [6, 6.07) is 18.9. The Balaban J connectivity index is 1.86. The van der Waals surface area contributed by atoms with Gasteiger partial charge in [0.1, 0.15) is 5.76 Å². The first-order chi connectivity index (χ1) is 10.3. The number of likely N-dealkylation sites (N-methyl/N-ethyl adjacent to an activating group) is 1. The summed E-state index contributed by atoms with van der Waals surface area (Å²) < 4.78 is 5.56. The molecule has 3 rings (SSSR count). The predicted octanol–water partition coefficient (Wildman–Crippen LogP) is 4.98. The Morgan fingerprint density at radius 1 is 1.05 bits per heavy atom. The van der Waals surface area contributed by atoms with E-state index in [4.69, 9.17) is 16.0 Å². The second-order valence-electron chi connectivity index (χ2n) is 5.14. The number of rotatable bonds is 5. The van der Waals surface area contributed by atoms with Crippen molar-refractivity contribution in [1.82, 2.24) is 5.32 Å². The Morgan fingerprint density at radius 2 is 1.86 bits per heavy atom. The molecule has 1 unspecified atom stereocenters. The van der Waals surface area contributed by atoms with Gasteiger partial charge in [-0.25, -0.2) is 0 Å². The van der Waals surface area contributed by atoms with E-state index in [1.54, 1.807) is 6.07 Å². The summed E-state index contributed by atoms with van der Waals surface area (Å²) in [4.78, 5) is 0. The van der Waals surface area contributed by atoms with Crippen LogP contribution in [0.3, 0.4) is 0 Å². The van der Waals surface area contributed by atoms with Crippen LogP contribution < -0.4 is 5.32 Å². The molecule has 0 amide bonds. The number of nitrogens with one attached hydrogen (secondary N) is 1. The minimum absolute atomic E-state index is 0.142. The Bertz CT molecular complexity index is 735. The van der Waals surface area contributed by atoms with Crippen molar-refractivity contribution < 1.29 is 4.42 Å². The van der Waals surface area contributed by atoms with Crippen LogP contribution in [0.2, 0.25) is 5.22 Å². The lowest BCUT2D eigenvalue weighted by molar-refractivity contribution is 0.417. The van der Waals surface area contributed by atoms with E-state index >= 15 is 0 Å². The van der Waals surface area contributed by atoms with Crippen LogP contribution in [-0.2, 0) is 6.42 Å². The molecule has 21 heavy (non-hydrogen) atoms. The van der Waals surface area contributed by atoms with E-state index in [1.807, 2.05) is 6.07 Å². The number of hydrogen-bond donors (Lipinski definition) is 1. The highest BCUT2D eigenvalue weighted by Crippen LogP contribution is 2.25. The average Bonchev–Trinajstić information content (AvgIpc) is 2.93. The van der Waals surface area contributed by atoms with Gasteiger partial charge in [0.25, 0.3) is 0 Å². The van der Waals surface area contributed by atoms with Gasteiger partial charge in [0.2, 0.25) is 0 Å². The highest BCUT2D eigenvalue weighted by atomic mass is 35.5.